The van der Waals surface area contributed by atoms with Crippen LogP contribution in [0.1, 0.15) is 128 Å². The number of methoxy groups -OCH3 is 1. The van der Waals surface area contributed by atoms with Crippen LogP contribution in [0.3, 0.4) is 0 Å². The van der Waals surface area contributed by atoms with Gasteiger partial charge < -0.3 is 60.2 Å². The van der Waals surface area contributed by atoms with E-state index in [0.717, 1.165) is 23.4 Å². The fourth-order valence-corrected chi connectivity index (χ4v) is 14.1. The molecular formula is C72H88N8O15S. The molecule has 1 unspecified atom stereocenters. The molecule has 24 heteroatoms. The number of amides is 7. The van der Waals surface area contributed by atoms with E-state index in [1.54, 1.807) is 69.1 Å². The predicted molar refractivity (Wildman–Crippen MR) is 367 cm³/mol. The third-order valence-corrected chi connectivity index (χ3v) is 19.8. The number of aliphatic hydroxyl groups excluding tert-OH is 1. The lowest BCUT2D eigenvalue weighted by atomic mass is 9.82. The van der Waals surface area contributed by atoms with Crippen LogP contribution in [0, 0.1) is 36.5 Å². The van der Waals surface area contributed by atoms with Crippen molar-refractivity contribution in [3.63, 3.8) is 0 Å². The number of fused-ring (bicyclic) bond motifs is 2. The van der Waals surface area contributed by atoms with Crippen LogP contribution in [0.5, 0.6) is 11.5 Å². The number of aliphatic hydroxyl groups is 1. The van der Waals surface area contributed by atoms with Crippen LogP contribution in [0.2, 0.25) is 0 Å². The van der Waals surface area contributed by atoms with Gasteiger partial charge in [0.2, 0.25) is 23.2 Å². The molecule has 96 heavy (non-hydrogen) atoms. The zero-order valence-electron chi connectivity index (χ0n) is 56.4. The maximum Gasteiger partial charge on any atom is 0.410 e. The van der Waals surface area contributed by atoms with Crippen LogP contribution in [-0.2, 0) is 49.6 Å². The molecule has 0 aromatic heterocycles. The Morgan fingerprint density at radius 2 is 1.62 bits per heavy atom. The Balaban J connectivity index is 0.845. The average molecular weight is 1340 g/mol. The maximum absolute atomic E-state index is 15.1. The molecule has 5 aliphatic heterocycles. The van der Waals surface area contributed by atoms with Crippen molar-refractivity contribution in [2.45, 2.75) is 150 Å². The highest BCUT2D eigenvalue weighted by atomic mass is 32.1. The summed E-state index contributed by atoms with van der Waals surface area (Å²) in [5, 5.41) is 34.3. The van der Waals surface area contributed by atoms with Gasteiger partial charge in [-0.05, 0) is 118 Å². The lowest BCUT2D eigenvalue weighted by molar-refractivity contribution is -0.137. The minimum atomic E-state index is -1.96. The monoisotopic (exact) mass is 1340 g/mol. The first kappa shape index (κ1) is 71.3. The van der Waals surface area contributed by atoms with E-state index in [9.17, 15) is 48.6 Å². The second-order valence-corrected chi connectivity index (χ2v) is 27.4. The second kappa shape index (κ2) is 30.8. The number of hydrogen-bond acceptors (Lipinski definition) is 18. The van der Waals surface area contributed by atoms with E-state index in [4.69, 9.17) is 23.9 Å². The van der Waals surface area contributed by atoms with Gasteiger partial charge in [0.15, 0.2) is 0 Å². The number of nitrogens with zero attached hydrogens (tertiary/aromatic N) is 4. The van der Waals surface area contributed by atoms with E-state index in [1.807, 2.05) is 44.2 Å². The number of benzene rings is 4. The van der Waals surface area contributed by atoms with E-state index in [0.29, 0.717) is 72.2 Å². The van der Waals surface area contributed by atoms with Crippen LogP contribution in [0.4, 0.5) is 21.9 Å². The van der Waals surface area contributed by atoms with Crippen molar-refractivity contribution in [3.8, 4) is 22.1 Å². The number of phenolic OH excluding ortho intramolecular Hbond substituents is 1. The minimum absolute atomic E-state index is 0.0126. The number of carbonyl (C=O) groups excluding carboxylic acids is 8. The molecule has 0 saturated carbocycles. The minimum Gasteiger partial charge on any atom is -0.507 e. The first-order valence-corrected chi connectivity index (χ1v) is 33.7. The van der Waals surface area contributed by atoms with Crippen LogP contribution in [0.15, 0.2) is 95.6 Å². The van der Waals surface area contributed by atoms with E-state index in [1.165, 1.54) is 50.7 Å². The summed E-state index contributed by atoms with van der Waals surface area (Å²) >= 11 is 1.21. The molecule has 1 saturated heterocycles. The Morgan fingerprint density at radius 3 is 2.31 bits per heavy atom. The Kier molecular flexibility index (Phi) is 22.9. The number of imide groups is 1. The highest BCUT2D eigenvalue weighted by molar-refractivity contribution is 7.22. The molecule has 7 amide bonds. The zero-order valence-corrected chi connectivity index (χ0v) is 57.2. The van der Waals surface area contributed by atoms with E-state index < -0.39 is 64.8 Å². The molecule has 5 heterocycles. The first-order valence-electron chi connectivity index (χ1n) is 32.9. The molecule has 0 spiro atoms. The van der Waals surface area contributed by atoms with Crippen molar-refractivity contribution in [1.29, 1.82) is 0 Å². The number of hydrogen-bond donors (Lipinski definition) is 6. The number of carbonyl (C=O) groups is 8. The maximum atomic E-state index is 15.1. The fraction of sp³-hybridized carbons (Fsp3) is 0.472. The second-order valence-electron chi connectivity index (χ2n) is 26.4. The molecule has 8 atom stereocenters. The van der Waals surface area contributed by atoms with Crippen LogP contribution < -0.4 is 36.3 Å². The molecule has 3 aromatic carbocycles. The van der Waals surface area contributed by atoms with Crippen molar-refractivity contribution in [1.82, 2.24) is 25.4 Å². The van der Waals surface area contributed by atoms with Gasteiger partial charge in [0, 0.05) is 99.1 Å². The molecule has 23 nitrogen and oxygen atoms in total. The lowest BCUT2D eigenvalue weighted by Crippen LogP contribution is -2.51. The number of unbranched alkanes of at least 4 members (excludes halogenated alkanes) is 2. The number of Topliss-reactive ketones (excluding diaryl/α,β-unsaturated/α-hetero) is 1. The topological polar surface area (TPSA) is 302 Å². The molecule has 3 aromatic rings. The number of aromatic nitrogens is 1. The summed E-state index contributed by atoms with van der Waals surface area (Å²) in [6.45, 7) is 17.4. The number of aromatic hydroxyl groups is 1. The molecule has 6 N–H and O–H groups in total. The van der Waals surface area contributed by atoms with Crippen molar-refractivity contribution in [3.05, 3.63) is 118 Å². The molecule has 9 rings (SSSR count). The van der Waals surface area contributed by atoms with Gasteiger partial charge in [-0.1, -0.05) is 78.3 Å². The average Bonchev–Trinajstić information content (AvgIpc) is 1.42. The van der Waals surface area contributed by atoms with Gasteiger partial charge in [-0.2, -0.15) is 0 Å². The molecule has 1 aliphatic carbocycles. The number of phenols is 1. The van der Waals surface area contributed by atoms with Gasteiger partial charge >= 0.3 is 11.9 Å². The number of rotatable bonds is 17. The van der Waals surface area contributed by atoms with E-state index in [-0.39, 0.29) is 123 Å². The van der Waals surface area contributed by atoms with Gasteiger partial charge in [-0.3, -0.25) is 43.3 Å². The predicted octanol–water partition coefficient (Wildman–Crippen LogP) is 9.82. The third-order valence-electron chi connectivity index (χ3n) is 18.7. The third kappa shape index (κ3) is 16.1. The SMILES string of the molecule is CO[C@H]1/C=C/O[C@@]2(C)Oc3c(C)c(O)c4c(=O)c(c5sc6cc(N7CCC(N(C)C(=O)OCc8ccc(NC(=O)CNC(=O)C(NC(=O)CCCCCN9C(=O)C=CC9=O)C(C)C)cc8)CC7)ccc6nc-5c4c3C2=O)NC(=O)/C(C)=C\C=C\[C@H](C)C[C@@H](C)C[C@@H](C)[C@H](O)[C@@H]1C. The van der Waals surface area contributed by atoms with Crippen LogP contribution >= 0.6 is 11.3 Å². The Bertz CT molecular complexity index is 3950. The normalized spacial score (nSPS) is 23.6. The number of ether oxygens (including phenoxy) is 4. The number of allylic oxidation sites excluding steroid dienone is 3. The van der Waals surface area contributed by atoms with E-state index in [2.05, 4.69) is 40.0 Å². The molecular weight excluding hydrogens is 1250 g/mol. The summed E-state index contributed by atoms with van der Waals surface area (Å²) in [5.74, 6) is -5.93. The highest BCUT2D eigenvalue weighted by Gasteiger charge is 2.50. The standard InChI is InChI=1S/C72H88N8O15S/c1-39(2)60(76-53(81)18-13-12-14-30-80-55(83)25-26-56(80)84)70(90)73-37-54(82)74-47-21-19-46(20-22-47)38-93-71(91)78(10)48-27-31-79(32-28-48)49-23-24-50-52(36-49)96-67-61(75-50)57-58-64(86)45(8)66-59(57)68(88)72(9,95-66)94-33-29-51(92-11)44(7)63(85)43(6)35-41(4)34-40(3)16-15-17-42(5)69(89)77-62(67)65(58)87/h15-17,19-26,29,33,36,39-41,43-44,48,51,60,63,85-86H,12-14,18,27-28,30-32,34-35,37-38H2,1-11H3,(H,73,90)(H,74,82)(H,76,81)(H,77,89)/b16-15+,33-29+,42-17-/t40-,41+,43+,44+,51-,60?,63-,72-/m0/s1. The van der Waals surface area contributed by atoms with Gasteiger partial charge in [0.25, 0.3) is 23.5 Å². The van der Waals surface area contributed by atoms with Gasteiger partial charge in [-0.15, -0.1) is 11.3 Å². The van der Waals surface area contributed by atoms with Crippen molar-refractivity contribution < 1.29 is 67.5 Å². The highest BCUT2D eigenvalue weighted by Crippen LogP contribution is 2.51. The summed E-state index contributed by atoms with van der Waals surface area (Å²) < 4.78 is 24.7. The first-order chi connectivity index (χ1) is 45.7. The van der Waals surface area contributed by atoms with Crippen molar-refractivity contribution in [2.75, 3.05) is 55.9 Å². The van der Waals surface area contributed by atoms with Crippen molar-refractivity contribution in [2.24, 2.45) is 29.6 Å². The van der Waals surface area contributed by atoms with E-state index >= 15 is 4.79 Å². The summed E-state index contributed by atoms with van der Waals surface area (Å²) in [7, 11) is 3.24. The molecule has 1 fully saturated rings. The Labute approximate surface area is 562 Å². The molecule has 0 radical (unpaired) electrons. The summed E-state index contributed by atoms with van der Waals surface area (Å²) in [6.07, 6.45) is 13.7. The van der Waals surface area contributed by atoms with Crippen molar-refractivity contribution >= 4 is 96.7 Å². The molecule has 6 aliphatic rings. The number of nitrogens with one attached hydrogen (secondary N) is 4. The number of piperidine rings is 1. The number of ketones is 1. The summed E-state index contributed by atoms with van der Waals surface area (Å²) in [6, 6.07) is 11.4. The van der Waals surface area contributed by atoms with Crippen LogP contribution in [-0.4, -0.2) is 143 Å². The lowest BCUT2D eigenvalue weighted by Gasteiger charge is -2.37. The van der Waals surface area contributed by atoms with Gasteiger partial charge in [0.05, 0.1) is 56.8 Å². The van der Waals surface area contributed by atoms with Gasteiger partial charge in [-0.25, -0.2) is 9.78 Å². The largest absolute Gasteiger partial charge is 0.507 e. The fourth-order valence-electron chi connectivity index (χ4n) is 13.0. The number of anilines is 3. The molecule has 512 valence electrons. The van der Waals surface area contributed by atoms with Crippen LogP contribution in [0.25, 0.3) is 31.6 Å². The quantitative estimate of drug-likeness (QED) is 0.0218. The Morgan fingerprint density at radius 1 is 0.917 bits per heavy atom. The zero-order chi connectivity index (χ0) is 69.4. The smallest absolute Gasteiger partial charge is 0.410 e. The molecule has 4 bridgehead atoms. The summed E-state index contributed by atoms with van der Waals surface area (Å²) in [5.41, 5.74) is 2.23. The summed E-state index contributed by atoms with van der Waals surface area (Å²) in [4.78, 5) is 130. The Hall–Kier alpha value is -9.00. The van der Waals surface area contributed by atoms with Gasteiger partial charge in [0.1, 0.15) is 29.8 Å².